The highest BCUT2D eigenvalue weighted by Crippen LogP contribution is 2.42. The Kier molecular flexibility index (Phi) is 5.06. The quantitative estimate of drug-likeness (QED) is 0.844. The van der Waals surface area contributed by atoms with Crippen LogP contribution in [-0.4, -0.2) is 36.2 Å². The first-order valence-corrected chi connectivity index (χ1v) is 8.40. The number of thioether (sulfide) groups is 1. The highest BCUT2D eigenvalue weighted by Gasteiger charge is 2.42. The molecule has 2 rings (SSSR count). The van der Waals surface area contributed by atoms with Gasteiger partial charge < -0.3 is 10.1 Å². The molecule has 0 bridgehead atoms. The van der Waals surface area contributed by atoms with E-state index in [0.717, 1.165) is 18.8 Å². The van der Waals surface area contributed by atoms with Crippen LogP contribution in [0.3, 0.4) is 0 Å². The van der Waals surface area contributed by atoms with Gasteiger partial charge in [0.2, 0.25) is 0 Å². The molecule has 0 radical (unpaired) electrons. The van der Waals surface area contributed by atoms with E-state index < -0.39 is 0 Å². The van der Waals surface area contributed by atoms with E-state index in [0.29, 0.717) is 5.25 Å². The number of rotatable bonds is 5. The fraction of sp³-hybridized carbons (Fsp3) is 0.769. The minimum atomic E-state index is 0.0420. The van der Waals surface area contributed by atoms with E-state index >= 15 is 0 Å². The molecule has 102 valence electrons. The average Bonchev–Trinajstić information content (AvgIpc) is 2.79. The molecule has 0 amide bonds. The van der Waals surface area contributed by atoms with E-state index in [1.165, 1.54) is 23.6 Å². The van der Waals surface area contributed by atoms with Gasteiger partial charge in [-0.3, -0.25) is 0 Å². The minimum Gasteiger partial charge on any atom is -0.383 e. The molecule has 2 heterocycles. The monoisotopic (exact) mass is 286 g/mol. The van der Waals surface area contributed by atoms with Crippen LogP contribution in [0.5, 0.6) is 0 Å². The number of thiazole rings is 1. The highest BCUT2D eigenvalue weighted by atomic mass is 32.2. The van der Waals surface area contributed by atoms with E-state index in [1.54, 1.807) is 18.4 Å². The molecular formula is C13H22N2OS2. The molecule has 0 aliphatic carbocycles. The van der Waals surface area contributed by atoms with E-state index in [1.807, 2.05) is 0 Å². The molecular weight excluding hydrogens is 264 g/mol. The highest BCUT2D eigenvalue weighted by molar-refractivity contribution is 8.00. The maximum atomic E-state index is 5.17. The van der Waals surface area contributed by atoms with Crippen molar-refractivity contribution < 1.29 is 4.74 Å². The van der Waals surface area contributed by atoms with Gasteiger partial charge in [0.25, 0.3) is 0 Å². The van der Waals surface area contributed by atoms with Crippen molar-refractivity contribution >= 4 is 23.1 Å². The Morgan fingerprint density at radius 2 is 2.44 bits per heavy atom. The van der Waals surface area contributed by atoms with Gasteiger partial charge in [-0.25, -0.2) is 4.98 Å². The Balaban J connectivity index is 2.20. The first-order chi connectivity index (χ1) is 8.69. The standard InChI is InChI=1S/C13H22N2OS2/c1-10-9-18-12(15-10)13(14-6-7-16-3)5-4-8-17-11(13)2/h9,11,14H,4-8H2,1-3H3. The second kappa shape index (κ2) is 6.37. The zero-order valence-electron chi connectivity index (χ0n) is 11.4. The molecule has 2 atom stereocenters. The lowest BCUT2D eigenvalue weighted by Gasteiger charge is -2.41. The third kappa shape index (κ3) is 2.90. The topological polar surface area (TPSA) is 34.1 Å². The Morgan fingerprint density at radius 1 is 1.61 bits per heavy atom. The van der Waals surface area contributed by atoms with Crippen LogP contribution >= 0.6 is 23.1 Å². The van der Waals surface area contributed by atoms with E-state index in [4.69, 9.17) is 9.72 Å². The van der Waals surface area contributed by atoms with Crippen molar-refractivity contribution in [3.8, 4) is 0 Å². The van der Waals surface area contributed by atoms with E-state index in [9.17, 15) is 0 Å². The Bertz CT molecular complexity index is 383. The predicted molar refractivity (Wildman–Crippen MR) is 79.6 cm³/mol. The molecule has 5 heteroatoms. The van der Waals surface area contributed by atoms with Crippen LogP contribution < -0.4 is 5.32 Å². The molecule has 0 saturated carbocycles. The molecule has 18 heavy (non-hydrogen) atoms. The van der Waals surface area contributed by atoms with Gasteiger partial charge >= 0.3 is 0 Å². The van der Waals surface area contributed by atoms with Gasteiger partial charge in [-0.15, -0.1) is 11.3 Å². The molecule has 1 aromatic heterocycles. The Labute approximate surface area is 118 Å². The van der Waals surface area contributed by atoms with Crippen molar-refractivity contribution in [3.63, 3.8) is 0 Å². The smallest absolute Gasteiger partial charge is 0.114 e. The van der Waals surface area contributed by atoms with Gasteiger partial charge in [0, 0.05) is 30.0 Å². The molecule has 1 N–H and O–H groups in total. The number of methoxy groups -OCH3 is 1. The summed E-state index contributed by atoms with van der Waals surface area (Å²) in [6.45, 7) is 6.04. The van der Waals surface area contributed by atoms with E-state index in [-0.39, 0.29) is 5.54 Å². The average molecular weight is 286 g/mol. The van der Waals surface area contributed by atoms with Crippen LogP contribution in [0.1, 0.15) is 30.5 Å². The molecule has 1 fully saturated rings. The van der Waals surface area contributed by atoms with Gasteiger partial charge in [0.1, 0.15) is 5.01 Å². The Hall–Kier alpha value is -0.100. The summed E-state index contributed by atoms with van der Waals surface area (Å²) >= 11 is 3.84. The third-order valence-corrected chi connectivity index (χ3v) is 6.09. The third-order valence-electron chi connectivity index (χ3n) is 3.52. The van der Waals surface area contributed by atoms with Crippen molar-refractivity contribution in [3.05, 3.63) is 16.1 Å². The molecule has 1 aliphatic heterocycles. The summed E-state index contributed by atoms with van der Waals surface area (Å²) in [5.41, 5.74) is 1.17. The molecule has 3 nitrogen and oxygen atoms in total. The van der Waals surface area contributed by atoms with Crippen molar-refractivity contribution in [2.75, 3.05) is 26.0 Å². The van der Waals surface area contributed by atoms with Gasteiger partial charge in [0.05, 0.1) is 12.1 Å². The molecule has 0 aromatic carbocycles. The van der Waals surface area contributed by atoms with Gasteiger partial charge in [-0.1, -0.05) is 6.92 Å². The first-order valence-electron chi connectivity index (χ1n) is 6.47. The van der Waals surface area contributed by atoms with Crippen LogP contribution in [0.2, 0.25) is 0 Å². The van der Waals surface area contributed by atoms with Crippen LogP contribution in [-0.2, 0) is 10.3 Å². The van der Waals surface area contributed by atoms with Crippen molar-refractivity contribution in [2.24, 2.45) is 0 Å². The summed E-state index contributed by atoms with van der Waals surface area (Å²) in [4.78, 5) is 4.74. The Morgan fingerprint density at radius 3 is 3.06 bits per heavy atom. The van der Waals surface area contributed by atoms with Crippen LogP contribution in [0.4, 0.5) is 0 Å². The maximum Gasteiger partial charge on any atom is 0.114 e. The number of ether oxygens (including phenoxy) is 1. The van der Waals surface area contributed by atoms with Crippen molar-refractivity contribution in [1.29, 1.82) is 0 Å². The lowest BCUT2D eigenvalue weighted by Crippen LogP contribution is -2.52. The van der Waals surface area contributed by atoms with Crippen molar-refractivity contribution in [1.82, 2.24) is 10.3 Å². The lowest BCUT2D eigenvalue weighted by molar-refractivity contribution is 0.178. The van der Waals surface area contributed by atoms with Crippen LogP contribution in [0, 0.1) is 6.92 Å². The number of nitrogens with zero attached hydrogens (tertiary/aromatic N) is 1. The predicted octanol–water partition coefficient (Wildman–Crippen LogP) is 2.80. The number of aromatic nitrogens is 1. The number of aryl methyl sites for hydroxylation is 1. The molecule has 2 unspecified atom stereocenters. The summed E-state index contributed by atoms with van der Waals surface area (Å²) in [5.74, 6) is 1.26. The second-order valence-electron chi connectivity index (χ2n) is 4.80. The number of hydrogen-bond acceptors (Lipinski definition) is 5. The zero-order chi connectivity index (χ0) is 13.0. The summed E-state index contributed by atoms with van der Waals surface area (Å²) < 4.78 is 5.17. The molecule has 1 aromatic rings. The molecule has 1 saturated heterocycles. The first kappa shape index (κ1) is 14.3. The fourth-order valence-electron chi connectivity index (χ4n) is 2.48. The lowest BCUT2D eigenvalue weighted by atomic mass is 9.90. The SMILES string of the molecule is COCCNC1(c2nc(C)cs2)CCCSC1C. The largest absolute Gasteiger partial charge is 0.383 e. The summed E-state index contributed by atoms with van der Waals surface area (Å²) in [6.07, 6.45) is 2.44. The molecule has 1 aliphatic rings. The van der Waals surface area contributed by atoms with Crippen LogP contribution in [0.25, 0.3) is 0 Å². The molecule has 0 spiro atoms. The van der Waals surface area contributed by atoms with Crippen LogP contribution in [0.15, 0.2) is 5.38 Å². The summed E-state index contributed by atoms with van der Waals surface area (Å²) in [6, 6.07) is 0. The maximum absolute atomic E-state index is 5.17. The summed E-state index contributed by atoms with van der Waals surface area (Å²) in [7, 11) is 1.75. The summed E-state index contributed by atoms with van der Waals surface area (Å²) in [5, 5.41) is 7.68. The van der Waals surface area contributed by atoms with Gasteiger partial charge in [-0.2, -0.15) is 11.8 Å². The zero-order valence-corrected chi connectivity index (χ0v) is 13.0. The van der Waals surface area contributed by atoms with E-state index in [2.05, 4.69) is 36.3 Å². The van der Waals surface area contributed by atoms with Gasteiger partial charge in [-0.05, 0) is 25.5 Å². The second-order valence-corrected chi connectivity index (χ2v) is 7.11. The number of nitrogens with one attached hydrogen (secondary N) is 1. The fourth-order valence-corrected chi connectivity index (χ4v) is 4.91. The normalized spacial score (nSPS) is 28.5. The van der Waals surface area contributed by atoms with Gasteiger partial charge in [0.15, 0.2) is 0 Å². The minimum absolute atomic E-state index is 0.0420. The van der Waals surface area contributed by atoms with Crippen molar-refractivity contribution in [2.45, 2.75) is 37.5 Å². The number of hydrogen-bond donors (Lipinski definition) is 1.